The number of benzene rings is 1. The van der Waals surface area contributed by atoms with E-state index in [0.717, 1.165) is 5.56 Å². The zero-order valence-corrected chi connectivity index (χ0v) is 10.9. The van der Waals surface area contributed by atoms with Gasteiger partial charge in [0.15, 0.2) is 5.57 Å². The molecule has 0 aliphatic carbocycles. The largest absolute Gasteiger partial charge is 0.465 e. The number of aryl methyl sites for hydroxylation is 1. The van der Waals surface area contributed by atoms with Crippen molar-refractivity contribution in [2.24, 2.45) is 0 Å². The summed E-state index contributed by atoms with van der Waals surface area (Å²) in [7, 11) is 1.24. The molecule has 98 valence electrons. The monoisotopic (exact) mass is 266 g/mol. The number of ether oxygens (including phenoxy) is 1. The predicted octanol–water partition coefficient (Wildman–Crippen LogP) is 2.02. The summed E-state index contributed by atoms with van der Waals surface area (Å²) >= 11 is 0. The third-order valence-electron chi connectivity index (χ3n) is 2.43. The van der Waals surface area contributed by atoms with E-state index in [2.05, 4.69) is 10.1 Å². The third kappa shape index (κ3) is 3.13. The second kappa shape index (κ2) is 6.58. The molecule has 0 bridgehead atoms. The van der Waals surface area contributed by atoms with Crippen molar-refractivity contribution in [3.05, 3.63) is 40.6 Å². The summed E-state index contributed by atoms with van der Waals surface area (Å²) in [6, 6.07) is 9.84. The van der Waals surface area contributed by atoms with Crippen molar-refractivity contribution in [3.63, 3.8) is 0 Å². The maximum absolute atomic E-state index is 11.7. The van der Waals surface area contributed by atoms with Crippen molar-refractivity contribution in [2.45, 2.75) is 6.92 Å². The smallest absolute Gasteiger partial charge is 0.339 e. The number of methoxy groups -OCH3 is 1. The highest BCUT2D eigenvalue weighted by Gasteiger charge is 2.14. The Morgan fingerprint density at radius 2 is 1.85 bits per heavy atom. The maximum Gasteiger partial charge on any atom is 0.339 e. The summed E-state index contributed by atoms with van der Waals surface area (Å²) in [4.78, 5) is 11.7. The number of nitriles is 3. The van der Waals surface area contributed by atoms with E-state index < -0.39 is 5.97 Å². The van der Waals surface area contributed by atoms with Crippen LogP contribution >= 0.6 is 0 Å². The molecule has 0 heterocycles. The standard InChI is InChI=1S/C14H10N4O2/c1-9-3-4-12(11(5-9)14(19)20-2)18-13(8-17)10(6-15)7-16/h3-5,18H,1-2H3. The van der Waals surface area contributed by atoms with Gasteiger partial charge < -0.3 is 10.1 Å². The van der Waals surface area contributed by atoms with E-state index in [1.165, 1.54) is 7.11 Å². The molecule has 0 fully saturated rings. The number of allylic oxidation sites excluding steroid dienone is 2. The van der Waals surface area contributed by atoms with Crippen LogP contribution in [0.15, 0.2) is 29.5 Å². The van der Waals surface area contributed by atoms with Crippen molar-refractivity contribution >= 4 is 11.7 Å². The average molecular weight is 266 g/mol. The number of nitrogens with zero attached hydrogens (tertiary/aromatic N) is 3. The fourth-order valence-electron chi connectivity index (χ4n) is 1.46. The molecule has 0 aliphatic heterocycles. The topological polar surface area (TPSA) is 110 Å². The molecule has 0 spiro atoms. The molecule has 0 amide bonds. The minimum Gasteiger partial charge on any atom is -0.465 e. The van der Waals surface area contributed by atoms with Crippen molar-refractivity contribution < 1.29 is 9.53 Å². The van der Waals surface area contributed by atoms with E-state index >= 15 is 0 Å². The van der Waals surface area contributed by atoms with Crippen molar-refractivity contribution in [1.82, 2.24) is 0 Å². The molecule has 6 nitrogen and oxygen atoms in total. The number of rotatable bonds is 3. The van der Waals surface area contributed by atoms with Crippen LogP contribution in [0.25, 0.3) is 0 Å². The predicted molar refractivity (Wildman–Crippen MR) is 70.0 cm³/mol. The van der Waals surface area contributed by atoms with Crippen LogP contribution in [0.1, 0.15) is 15.9 Å². The highest BCUT2D eigenvalue weighted by molar-refractivity contribution is 5.96. The van der Waals surface area contributed by atoms with Gasteiger partial charge >= 0.3 is 5.97 Å². The van der Waals surface area contributed by atoms with Gasteiger partial charge in [-0.3, -0.25) is 0 Å². The second-order valence-electron chi connectivity index (χ2n) is 3.75. The summed E-state index contributed by atoms with van der Waals surface area (Å²) < 4.78 is 4.65. The summed E-state index contributed by atoms with van der Waals surface area (Å²) in [5.74, 6) is -0.580. The molecule has 0 saturated carbocycles. The van der Waals surface area contributed by atoms with Crippen molar-refractivity contribution in [2.75, 3.05) is 12.4 Å². The summed E-state index contributed by atoms with van der Waals surface area (Å²) in [5, 5.41) is 29.1. The van der Waals surface area contributed by atoms with Crippen LogP contribution in [-0.2, 0) is 4.74 Å². The molecule has 1 N–H and O–H groups in total. The zero-order chi connectivity index (χ0) is 15.1. The van der Waals surface area contributed by atoms with Crippen LogP contribution in [0, 0.1) is 40.9 Å². The molecule has 1 aromatic carbocycles. The summed E-state index contributed by atoms with van der Waals surface area (Å²) in [5.41, 5.74) is 0.768. The number of nitrogens with one attached hydrogen (secondary N) is 1. The van der Waals surface area contributed by atoms with E-state index in [1.54, 1.807) is 43.3 Å². The van der Waals surface area contributed by atoms with Crippen LogP contribution in [0.3, 0.4) is 0 Å². The molecule has 20 heavy (non-hydrogen) atoms. The molecule has 1 rings (SSSR count). The molecule has 0 saturated heterocycles. The number of anilines is 1. The van der Waals surface area contributed by atoms with Gasteiger partial charge in [-0.25, -0.2) is 4.79 Å². The first-order valence-corrected chi connectivity index (χ1v) is 5.48. The lowest BCUT2D eigenvalue weighted by Gasteiger charge is -2.10. The molecule has 0 aromatic heterocycles. The van der Waals surface area contributed by atoms with Gasteiger partial charge in [-0.1, -0.05) is 11.6 Å². The molecule has 6 heteroatoms. The molecule has 0 atom stereocenters. The third-order valence-corrected chi connectivity index (χ3v) is 2.43. The number of hydrogen-bond acceptors (Lipinski definition) is 6. The average Bonchev–Trinajstić information content (AvgIpc) is 2.47. The number of carbonyl (C=O) groups is 1. The summed E-state index contributed by atoms with van der Waals surface area (Å²) in [6.07, 6.45) is 0. The van der Waals surface area contributed by atoms with E-state index in [1.807, 2.05) is 0 Å². The van der Waals surface area contributed by atoms with Gasteiger partial charge in [0.1, 0.15) is 23.9 Å². The van der Waals surface area contributed by atoms with Crippen molar-refractivity contribution in [1.29, 1.82) is 15.8 Å². The maximum atomic E-state index is 11.7. The number of carbonyl (C=O) groups excluding carboxylic acids is 1. The first-order chi connectivity index (χ1) is 9.57. The van der Waals surface area contributed by atoms with Gasteiger partial charge in [0.05, 0.1) is 18.4 Å². The Morgan fingerprint density at radius 1 is 1.20 bits per heavy atom. The Hall–Kier alpha value is -3.30. The lowest BCUT2D eigenvalue weighted by atomic mass is 10.1. The minimum atomic E-state index is -0.580. The molecular weight excluding hydrogens is 256 g/mol. The van der Waals surface area contributed by atoms with E-state index in [4.69, 9.17) is 15.8 Å². The normalized spacial score (nSPS) is 8.55. The molecular formula is C14H10N4O2. The van der Waals surface area contributed by atoms with Gasteiger partial charge in [-0.2, -0.15) is 15.8 Å². The van der Waals surface area contributed by atoms with Gasteiger partial charge in [-0.05, 0) is 19.1 Å². The number of esters is 1. The van der Waals surface area contributed by atoms with Gasteiger partial charge in [0.2, 0.25) is 0 Å². The fraction of sp³-hybridized carbons (Fsp3) is 0.143. The van der Waals surface area contributed by atoms with Crippen LogP contribution in [0.5, 0.6) is 0 Å². The van der Waals surface area contributed by atoms with Crippen LogP contribution in [0.2, 0.25) is 0 Å². The SMILES string of the molecule is COC(=O)c1cc(C)ccc1NC(C#N)=C(C#N)C#N. The lowest BCUT2D eigenvalue weighted by molar-refractivity contribution is 0.0602. The Balaban J connectivity index is 3.34. The van der Waals surface area contributed by atoms with E-state index in [9.17, 15) is 4.79 Å². The quantitative estimate of drug-likeness (QED) is 0.662. The van der Waals surface area contributed by atoms with Gasteiger partial charge in [-0.15, -0.1) is 0 Å². The second-order valence-corrected chi connectivity index (χ2v) is 3.75. The Kier molecular flexibility index (Phi) is 4.86. The first kappa shape index (κ1) is 14.8. The Morgan fingerprint density at radius 3 is 2.35 bits per heavy atom. The Labute approximate surface area is 116 Å². The lowest BCUT2D eigenvalue weighted by Crippen LogP contribution is -2.09. The fourth-order valence-corrected chi connectivity index (χ4v) is 1.46. The molecule has 1 aromatic rings. The highest BCUT2D eigenvalue weighted by atomic mass is 16.5. The number of hydrogen-bond donors (Lipinski definition) is 1. The Bertz CT molecular complexity index is 683. The zero-order valence-electron chi connectivity index (χ0n) is 10.9. The van der Waals surface area contributed by atoms with Gasteiger partial charge in [0, 0.05) is 0 Å². The molecule has 0 radical (unpaired) electrons. The molecule has 0 unspecified atom stereocenters. The van der Waals surface area contributed by atoms with Crippen LogP contribution < -0.4 is 5.32 Å². The van der Waals surface area contributed by atoms with Gasteiger partial charge in [0.25, 0.3) is 0 Å². The van der Waals surface area contributed by atoms with E-state index in [0.29, 0.717) is 5.69 Å². The van der Waals surface area contributed by atoms with Crippen molar-refractivity contribution in [3.8, 4) is 18.2 Å². The van der Waals surface area contributed by atoms with Crippen LogP contribution in [0.4, 0.5) is 5.69 Å². The minimum absolute atomic E-state index is 0.218. The highest BCUT2D eigenvalue weighted by Crippen LogP contribution is 2.20. The van der Waals surface area contributed by atoms with E-state index in [-0.39, 0.29) is 16.8 Å². The van der Waals surface area contributed by atoms with Crippen LogP contribution in [-0.4, -0.2) is 13.1 Å². The first-order valence-electron chi connectivity index (χ1n) is 5.48. The molecule has 0 aliphatic rings. The summed E-state index contributed by atoms with van der Waals surface area (Å²) in [6.45, 7) is 1.80.